The Morgan fingerprint density at radius 2 is 1.83 bits per heavy atom. The van der Waals surface area contributed by atoms with Crippen molar-refractivity contribution in [1.29, 1.82) is 0 Å². The molecule has 0 amide bonds. The molecule has 7 heteroatoms. The number of hydrogen-bond acceptors (Lipinski definition) is 6. The predicted molar refractivity (Wildman–Crippen MR) is 111 cm³/mol. The lowest BCUT2D eigenvalue weighted by Crippen LogP contribution is -2.28. The monoisotopic (exact) mass is 419 g/mol. The van der Waals surface area contributed by atoms with Crippen LogP contribution in [0.5, 0.6) is 17.2 Å². The van der Waals surface area contributed by atoms with Crippen molar-refractivity contribution in [2.45, 2.75) is 24.2 Å². The fourth-order valence-electron chi connectivity index (χ4n) is 4.59. The number of methoxy groups -OCH3 is 1. The zero-order valence-corrected chi connectivity index (χ0v) is 17.1. The molecule has 1 saturated heterocycles. The summed E-state index contributed by atoms with van der Waals surface area (Å²) in [4.78, 5) is 2.39. The minimum Gasteiger partial charge on any atom is -0.508 e. The van der Waals surface area contributed by atoms with Gasteiger partial charge in [0.2, 0.25) is 0 Å². The summed E-state index contributed by atoms with van der Waals surface area (Å²) < 4.78 is 34.9. The standard InChI is InChI=1S/C22H26FNO4S/c1-27-18-6-7-20(23)21(10-18)28-19-8-15-11-24(12-16(15)9-19)13-22(29-26)14-2-4-17(25)5-3-14/h2-7,10,15-16,19,22,25-26H,8-9,11-13H2,1H3/t15-,16+,19?,22?. The number of hydrogen-bond donors (Lipinski definition) is 2. The third kappa shape index (κ3) is 4.63. The molecule has 2 unspecified atom stereocenters. The lowest BCUT2D eigenvalue weighted by atomic mass is 10.0. The zero-order valence-electron chi connectivity index (χ0n) is 16.3. The number of ether oxygens (including phenoxy) is 2. The number of rotatable bonds is 7. The number of phenols is 1. The number of aromatic hydroxyl groups is 1. The largest absolute Gasteiger partial charge is 0.508 e. The van der Waals surface area contributed by atoms with Crippen LogP contribution < -0.4 is 9.47 Å². The zero-order chi connectivity index (χ0) is 20.4. The molecule has 2 fully saturated rings. The minimum atomic E-state index is -0.360. The molecule has 4 atom stereocenters. The van der Waals surface area contributed by atoms with Gasteiger partial charge in [0.05, 0.1) is 18.5 Å². The Morgan fingerprint density at radius 1 is 1.14 bits per heavy atom. The molecule has 0 bridgehead atoms. The summed E-state index contributed by atoms with van der Waals surface area (Å²) in [5.41, 5.74) is 1.00. The number of nitrogens with zero attached hydrogens (tertiary/aromatic N) is 1. The molecule has 5 nitrogen and oxygen atoms in total. The molecule has 1 aliphatic heterocycles. The Balaban J connectivity index is 1.32. The van der Waals surface area contributed by atoms with E-state index in [0.29, 0.717) is 17.6 Å². The Kier molecular flexibility index (Phi) is 6.18. The summed E-state index contributed by atoms with van der Waals surface area (Å²) in [5, 5.41) is 9.41. The van der Waals surface area contributed by atoms with Crippen LogP contribution in [-0.2, 0) is 0 Å². The third-order valence-electron chi connectivity index (χ3n) is 6.03. The van der Waals surface area contributed by atoms with E-state index in [1.54, 1.807) is 31.4 Å². The molecule has 1 saturated carbocycles. The third-order valence-corrected chi connectivity index (χ3v) is 6.71. The molecule has 1 aliphatic carbocycles. The van der Waals surface area contributed by atoms with E-state index in [1.807, 2.05) is 12.1 Å². The van der Waals surface area contributed by atoms with E-state index in [9.17, 15) is 14.0 Å². The molecule has 156 valence electrons. The first-order valence-electron chi connectivity index (χ1n) is 9.87. The van der Waals surface area contributed by atoms with E-state index < -0.39 is 0 Å². The fourth-order valence-corrected chi connectivity index (χ4v) is 5.15. The highest BCUT2D eigenvalue weighted by Crippen LogP contribution is 2.41. The van der Waals surface area contributed by atoms with Crippen LogP contribution >= 0.6 is 12.0 Å². The summed E-state index contributed by atoms with van der Waals surface area (Å²) in [6.07, 6.45) is 1.84. The summed E-state index contributed by atoms with van der Waals surface area (Å²) in [6.45, 7) is 2.68. The van der Waals surface area contributed by atoms with Crippen molar-refractivity contribution < 1.29 is 23.5 Å². The van der Waals surface area contributed by atoms with Gasteiger partial charge in [-0.2, -0.15) is 0 Å². The molecule has 2 aliphatic rings. The van der Waals surface area contributed by atoms with Gasteiger partial charge in [-0.15, -0.1) is 0 Å². The predicted octanol–water partition coefficient (Wildman–Crippen LogP) is 4.58. The van der Waals surface area contributed by atoms with Crippen molar-refractivity contribution in [2.24, 2.45) is 11.8 Å². The lowest BCUT2D eigenvalue weighted by Gasteiger charge is -2.24. The van der Waals surface area contributed by atoms with Crippen molar-refractivity contribution in [2.75, 3.05) is 26.7 Å². The average Bonchev–Trinajstić information content (AvgIpc) is 3.26. The van der Waals surface area contributed by atoms with Crippen LogP contribution in [0.1, 0.15) is 23.7 Å². The number of likely N-dealkylation sites (tertiary alicyclic amines) is 1. The van der Waals surface area contributed by atoms with Gasteiger partial charge in [-0.25, -0.2) is 4.39 Å². The van der Waals surface area contributed by atoms with E-state index in [1.165, 1.54) is 6.07 Å². The maximum atomic E-state index is 14.0. The smallest absolute Gasteiger partial charge is 0.165 e. The molecule has 2 aromatic carbocycles. The van der Waals surface area contributed by atoms with Crippen LogP contribution in [0.4, 0.5) is 4.39 Å². The van der Waals surface area contributed by atoms with Gasteiger partial charge in [-0.3, -0.25) is 0 Å². The fraction of sp³-hybridized carbons (Fsp3) is 0.455. The second-order valence-electron chi connectivity index (χ2n) is 7.93. The van der Waals surface area contributed by atoms with Gasteiger partial charge in [-0.1, -0.05) is 12.1 Å². The van der Waals surface area contributed by atoms with Crippen molar-refractivity contribution in [3.05, 3.63) is 53.8 Å². The van der Waals surface area contributed by atoms with Gasteiger partial charge in [0.15, 0.2) is 11.6 Å². The maximum absolute atomic E-state index is 14.0. The van der Waals surface area contributed by atoms with E-state index >= 15 is 0 Å². The molecule has 4 rings (SSSR count). The van der Waals surface area contributed by atoms with Gasteiger partial charge >= 0.3 is 0 Å². The second-order valence-corrected chi connectivity index (χ2v) is 8.71. The van der Waals surface area contributed by atoms with Crippen molar-refractivity contribution in [3.8, 4) is 17.2 Å². The molecule has 2 aromatic rings. The van der Waals surface area contributed by atoms with Crippen molar-refractivity contribution in [3.63, 3.8) is 0 Å². The minimum absolute atomic E-state index is 0.0221. The Hall–Kier alpha value is -1.96. The first-order valence-corrected chi connectivity index (χ1v) is 10.7. The summed E-state index contributed by atoms with van der Waals surface area (Å²) >= 11 is 0.850. The quantitative estimate of drug-likeness (QED) is 0.641. The van der Waals surface area contributed by atoms with Crippen LogP contribution in [0.15, 0.2) is 42.5 Å². The normalized spacial score (nSPS) is 25.0. The molecular formula is C22H26FNO4S. The molecule has 2 N–H and O–H groups in total. The summed E-state index contributed by atoms with van der Waals surface area (Å²) in [5.74, 6) is 1.77. The van der Waals surface area contributed by atoms with E-state index in [2.05, 4.69) is 4.90 Å². The molecule has 1 heterocycles. The van der Waals surface area contributed by atoms with Gasteiger partial charge in [0, 0.05) is 25.7 Å². The van der Waals surface area contributed by atoms with Crippen molar-refractivity contribution >= 4 is 12.0 Å². The van der Waals surface area contributed by atoms with Gasteiger partial charge in [0.1, 0.15) is 11.5 Å². The highest BCUT2D eigenvalue weighted by molar-refractivity contribution is 7.94. The van der Waals surface area contributed by atoms with E-state index in [0.717, 1.165) is 50.1 Å². The summed E-state index contributed by atoms with van der Waals surface area (Å²) in [6, 6.07) is 11.6. The van der Waals surface area contributed by atoms with Crippen LogP contribution in [-0.4, -0.2) is 47.4 Å². The highest BCUT2D eigenvalue weighted by atomic mass is 32.2. The van der Waals surface area contributed by atoms with Gasteiger partial charge in [0.25, 0.3) is 0 Å². The topological polar surface area (TPSA) is 62.2 Å². The molecule has 0 radical (unpaired) electrons. The Bertz CT molecular complexity index is 820. The number of phenolic OH excluding ortho intramolecular Hbond substituents is 1. The molecular weight excluding hydrogens is 393 g/mol. The van der Waals surface area contributed by atoms with E-state index in [4.69, 9.17) is 9.47 Å². The van der Waals surface area contributed by atoms with Crippen LogP contribution in [0.2, 0.25) is 0 Å². The van der Waals surface area contributed by atoms with E-state index in [-0.39, 0.29) is 28.7 Å². The van der Waals surface area contributed by atoms with Crippen LogP contribution in [0.25, 0.3) is 0 Å². The number of benzene rings is 2. The van der Waals surface area contributed by atoms with Crippen molar-refractivity contribution in [1.82, 2.24) is 4.90 Å². The van der Waals surface area contributed by atoms with Gasteiger partial charge in [-0.05, 0) is 66.5 Å². The molecule has 0 aromatic heterocycles. The van der Waals surface area contributed by atoms with Crippen LogP contribution in [0.3, 0.4) is 0 Å². The number of fused-ring (bicyclic) bond motifs is 1. The number of halogens is 1. The molecule has 29 heavy (non-hydrogen) atoms. The molecule has 0 spiro atoms. The first-order chi connectivity index (χ1) is 14.1. The van der Waals surface area contributed by atoms with Crippen LogP contribution in [0, 0.1) is 17.7 Å². The summed E-state index contributed by atoms with van der Waals surface area (Å²) in [7, 11) is 1.56. The lowest BCUT2D eigenvalue weighted by molar-refractivity contribution is 0.178. The maximum Gasteiger partial charge on any atom is 0.165 e. The SMILES string of the molecule is COc1ccc(F)c(OC2C[C@@H]3CN(CC(SO)c4ccc(O)cc4)C[C@@H]3C2)c1. The average molecular weight is 420 g/mol. The Morgan fingerprint density at radius 3 is 2.45 bits per heavy atom. The highest BCUT2D eigenvalue weighted by Gasteiger charge is 2.42. The van der Waals surface area contributed by atoms with Gasteiger partial charge < -0.3 is 24.0 Å². The Labute approximate surface area is 174 Å². The second kappa shape index (κ2) is 8.81. The first kappa shape index (κ1) is 20.3.